The Hall–Kier alpha value is -0.440. The summed E-state index contributed by atoms with van der Waals surface area (Å²) in [5.41, 5.74) is 0. The average Bonchev–Trinajstić information content (AvgIpc) is 1.68. The highest BCUT2D eigenvalue weighted by Gasteiger charge is 1.90. The molecule has 46 valence electrons. The summed E-state index contributed by atoms with van der Waals surface area (Å²) in [6.07, 6.45) is 1.89. The van der Waals surface area contributed by atoms with Crippen LogP contribution < -0.4 is 0 Å². The van der Waals surface area contributed by atoms with Crippen molar-refractivity contribution in [1.29, 1.82) is 0 Å². The van der Waals surface area contributed by atoms with Crippen molar-refractivity contribution in [2.75, 3.05) is 5.75 Å². The summed E-state index contributed by atoms with van der Waals surface area (Å²) in [6, 6.07) is 0. The molecule has 0 amide bonds. The topological polar surface area (TPSA) is 37.3 Å². The number of rotatable bonds is 2. The van der Waals surface area contributed by atoms with Crippen LogP contribution in [0, 0.1) is 0 Å². The normalized spacial score (nSPS) is 10.1. The molecule has 0 rings (SSSR count). The number of hydrogen-bond donors (Lipinski definition) is 1. The lowest BCUT2D eigenvalue weighted by atomic mass is 10.7. The Kier molecular flexibility index (Phi) is 4.45. The van der Waals surface area contributed by atoms with Gasteiger partial charge in [0.1, 0.15) is 0 Å². The maximum Gasteiger partial charge on any atom is 0.215 e. The number of carbonyl (C=O) groups is 1. The predicted molar refractivity (Wildman–Crippen MR) is 34.9 cm³/mol. The number of thioether (sulfide) groups is 1. The van der Waals surface area contributed by atoms with Gasteiger partial charge >= 0.3 is 0 Å². The maximum atomic E-state index is 10.4. The Bertz CT molecular complexity index is 98.6. The largest absolute Gasteiger partial charge is 0.515 e. The van der Waals surface area contributed by atoms with Crippen molar-refractivity contribution >= 4 is 16.9 Å². The van der Waals surface area contributed by atoms with Crippen molar-refractivity contribution in [3.8, 4) is 0 Å². The second kappa shape index (κ2) is 4.71. The van der Waals surface area contributed by atoms with Crippen LogP contribution in [0.25, 0.3) is 0 Å². The van der Waals surface area contributed by atoms with Gasteiger partial charge in [-0.25, -0.2) is 0 Å². The molecule has 1 N–H and O–H groups in total. The molecule has 0 radical (unpaired) electrons. The van der Waals surface area contributed by atoms with Gasteiger partial charge in [-0.15, -0.1) is 0 Å². The minimum Gasteiger partial charge on any atom is -0.515 e. The fourth-order valence-electron chi connectivity index (χ4n) is 0.251. The third-order valence-corrected chi connectivity index (χ3v) is 1.21. The number of carbonyl (C=O) groups excluding carboxylic acids is 1. The molecule has 0 unspecified atom stereocenters. The molecule has 0 spiro atoms. The minimum absolute atomic E-state index is 0.102. The van der Waals surface area contributed by atoms with Crippen LogP contribution in [0.2, 0.25) is 0 Å². The van der Waals surface area contributed by atoms with Gasteiger partial charge in [-0.2, -0.15) is 0 Å². The van der Waals surface area contributed by atoms with E-state index in [1.165, 1.54) is 11.8 Å². The second-order valence-electron chi connectivity index (χ2n) is 1.07. The smallest absolute Gasteiger partial charge is 0.215 e. The van der Waals surface area contributed by atoms with Gasteiger partial charge in [0.25, 0.3) is 0 Å². The zero-order valence-corrected chi connectivity index (χ0v) is 5.44. The van der Waals surface area contributed by atoms with Crippen LogP contribution in [-0.2, 0) is 4.79 Å². The van der Waals surface area contributed by atoms with Gasteiger partial charge in [-0.3, -0.25) is 4.79 Å². The molecule has 0 aromatic rings. The molecule has 0 heterocycles. The molecule has 0 bridgehead atoms. The van der Waals surface area contributed by atoms with Gasteiger partial charge in [0.2, 0.25) is 5.12 Å². The van der Waals surface area contributed by atoms with E-state index in [0.29, 0.717) is 0 Å². The Morgan fingerprint density at radius 1 is 1.88 bits per heavy atom. The summed E-state index contributed by atoms with van der Waals surface area (Å²) < 4.78 is 0. The molecule has 0 aliphatic rings. The first-order valence-corrected chi connectivity index (χ1v) is 3.27. The van der Waals surface area contributed by atoms with E-state index >= 15 is 0 Å². The standard InChI is InChI=1S/C5H8O2S/c1-2-8-5(7)3-4-6/h3-4,6H,2H2,1H3/b4-3+. The highest BCUT2D eigenvalue weighted by molar-refractivity contribution is 8.14. The summed E-state index contributed by atoms with van der Waals surface area (Å²) in [7, 11) is 0. The van der Waals surface area contributed by atoms with E-state index in [9.17, 15) is 4.79 Å². The van der Waals surface area contributed by atoms with Crippen molar-refractivity contribution in [3.63, 3.8) is 0 Å². The van der Waals surface area contributed by atoms with Crippen molar-refractivity contribution in [1.82, 2.24) is 0 Å². The van der Waals surface area contributed by atoms with Gasteiger partial charge < -0.3 is 5.11 Å². The molecular formula is C5H8O2S. The summed E-state index contributed by atoms with van der Waals surface area (Å²) in [5, 5.41) is 7.95. The summed E-state index contributed by atoms with van der Waals surface area (Å²) in [6.45, 7) is 1.88. The number of aliphatic hydroxyl groups is 1. The van der Waals surface area contributed by atoms with E-state index in [1.54, 1.807) is 0 Å². The molecule has 2 nitrogen and oxygen atoms in total. The molecule has 0 aromatic heterocycles. The Labute approximate surface area is 52.6 Å². The van der Waals surface area contributed by atoms with Crippen LogP contribution in [-0.4, -0.2) is 16.0 Å². The van der Waals surface area contributed by atoms with Crippen molar-refractivity contribution in [3.05, 3.63) is 12.3 Å². The van der Waals surface area contributed by atoms with Crippen molar-refractivity contribution in [2.45, 2.75) is 6.92 Å². The first-order chi connectivity index (χ1) is 3.81. The third kappa shape index (κ3) is 3.74. The molecule has 0 aromatic carbocycles. The Balaban J connectivity index is 3.33. The quantitative estimate of drug-likeness (QED) is 0.455. The number of aliphatic hydroxyl groups excluding tert-OH is 1. The van der Waals surface area contributed by atoms with Crippen LogP contribution in [0.4, 0.5) is 0 Å². The van der Waals surface area contributed by atoms with Gasteiger partial charge in [-0.05, 0) is 5.75 Å². The summed E-state index contributed by atoms with van der Waals surface area (Å²) in [5.74, 6) is 0.753. The van der Waals surface area contributed by atoms with E-state index in [1.807, 2.05) is 6.92 Å². The molecule has 0 saturated carbocycles. The molecule has 3 heteroatoms. The van der Waals surface area contributed by atoms with Crippen LogP contribution in [0.15, 0.2) is 12.3 Å². The second-order valence-corrected chi connectivity index (χ2v) is 2.34. The van der Waals surface area contributed by atoms with Crippen LogP contribution in [0.1, 0.15) is 6.92 Å². The highest BCUT2D eigenvalue weighted by Crippen LogP contribution is 1.99. The summed E-state index contributed by atoms with van der Waals surface area (Å²) >= 11 is 1.17. The fraction of sp³-hybridized carbons (Fsp3) is 0.400. The molecule has 0 aliphatic heterocycles. The molecular weight excluding hydrogens is 124 g/mol. The highest BCUT2D eigenvalue weighted by atomic mass is 32.2. The van der Waals surface area contributed by atoms with E-state index in [-0.39, 0.29) is 5.12 Å². The predicted octanol–water partition coefficient (Wildman–Crippen LogP) is 1.34. The Morgan fingerprint density at radius 2 is 2.50 bits per heavy atom. The zero-order valence-electron chi connectivity index (χ0n) is 4.63. The molecule has 0 aliphatic carbocycles. The van der Waals surface area contributed by atoms with Crippen LogP contribution >= 0.6 is 11.8 Å². The van der Waals surface area contributed by atoms with Gasteiger partial charge in [-0.1, -0.05) is 18.7 Å². The third-order valence-electron chi connectivity index (χ3n) is 0.497. The molecule has 8 heavy (non-hydrogen) atoms. The lowest BCUT2D eigenvalue weighted by Gasteiger charge is -1.84. The van der Waals surface area contributed by atoms with E-state index < -0.39 is 0 Å². The fourth-order valence-corrected chi connectivity index (χ4v) is 0.693. The van der Waals surface area contributed by atoms with E-state index in [0.717, 1.165) is 18.1 Å². The lowest BCUT2D eigenvalue weighted by molar-refractivity contribution is -0.107. The van der Waals surface area contributed by atoms with Gasteiger partial charge in [0.05, 0.1) is 6.26 Å². The molecule has 0 saturated heterocycles. The first kappa shape index (κ1) is 7.56. The molecule has 0 atom stereocenters. The number of hydrogen-bond acceptors (Lipinski definition) is 3. The SMILES string of the molecule is CCSC(=O)/C=C/O. The van der Waals surface area contributed by atoms with Crippen molar-refractivity contribution < 1.29 is 9.90 Å². The van der Waals surface area contributed by atoms with E-state index in [2.05, 4.69) is 0 Å². The lowest BCUT2D eigenvalue weighted by Crippen LogP contribution is -1.83. The minimum atomic E-state index is -0.102. The Morgan fingerprint density at radius 3 is 2.88 bits per heavy atom. The zero-order chi connectivity index (χ0) is 6.41. The monoisotopic (exact) mass is 132 g/mol. The average molecular weight is 132 g/mol. The molecule has 0 fully saturated rings. The van der Waals surface area contributed by atoms with Gasteiger partial charge in [0, 0.05) is 6.08 Å². The van der Waals surface area contributed by atoms with Crippen LogP contribution in [0.5, 0.6) is 0 Å². The van der Waals surface area contributed by atoms with E-state index in [4.69, 9.17) is 5.11 Å². The maximum absolute atomic E-state index is 10.4. The van der Waals surface area contributed by atoms with Gasteiger partial charge in [0.15, 0.2) is 0 Å². The van der Waals surface area contributed by atoms with Crippen LogP contribution in [0.3, 0.4) is 0 Å². The summed E-state index contributed by atoms with van der Waals surface area (Å²) in [4.78, 5) is 10.4. The van der Waals surface area contributed by atoms with Crippen molar-refractivity contribution in [2.24, 2.45) is 0 Å². The first-order valence-electron chi connectivity index (χ1n) is 2.28.